The average molecular weight is 467 g/mol. The Morgan fingerprint density at radius 1 is 1.24 bits per heavy atom. The first kappa shape index (κ1) is 21.8. The lowest BCUT2D eigenvalue weighted by molar-refractivity contribution is -0.133. The Balaban J connectivity index is 1.68. The number of carbonyl (C=O) groups excluding carboxylic acids is 2. The summed E-state index contributed by atoms with van der Waals surface area (Å²) in [7, 11) is 1.97. The molecule has 1 fully saturated rings. The molecule has 2 N–H and O–H groups in total. The Labute approximate surface area is 197 Å². The van der Waals surface area contributed by atoms with Crippen LogP contribution in [0.3, 0.4) is 0 Å². The fourth-order valence-corrected chi connectivity index (χ4v) is 5.32. The molecule has 1 saturated heterocycles. The molecule has 3 aromatic rings. The largest absolute Gasteiger partial charge is 0.508 e. The van der Waals surface area contributed by atoms with Gasteiger partial charge in [-0.15, -0.1) is 0 Å². The summed E-state index contributed by atoms with van der Waals surface area (Å²) in [5.74, 6) is -0.0796. The molecule has 8 heteroatoms. The van der Waals surface area contributed by atoms with Crippen molar-refractivity contribution in [1.29, 1.82) is 0 Å². The number of hydrogen-bond donors (Lipinski definition) is 2. The molecule has 0 spiro atoms. The molecule has 2 aliphatic heterocycles. The summed E-state index contributed by atoms with van der Waals surface area (Å²) in [5, 5.41) is 11.8. The Hall–Kier alpha value is -3.03. The zero-order valence-electron chi connectivity index (χ0n) is 18.9. The number of nitrogens with one attached hydrogen (secondary N) is 1. The quantitative estimate of drug-likeness (QED) is 0.554. The zero-order valence-corrected chi connectivity index (χ0v) is 19.7. The molecule has 3 amide bonds. The molecule has 5 rings (SSSR count). The van der Waals surface area contributed by atoms with E-state index in [0.29, 0.717) is 24.5 Å². The lowest BCUT2D eigenvalue weighted by Gasteiger charge is -2.42. The van der Waals surface area contributed by atoms with E-state index in [9.17, 15) is 14.7 Å². The van der Waals surface area contributed by atoms with Gasteiger partial charge in [0.05, 0.1) is 0 Å². The highest BCUT2D eigenvalue weighted by molar-refractivity contribution is 6.31. The minimum atomic E-state index is -1.04. The molecule has 1 aromatic heterocycles. The third-order valence-electron chi connectivity index (χ3n) is 7.06. The van der Waals surface area contributed by atoms with Crippen molar-refractivity contribution in [3.05, 3.63) is 64.3 Å². The van der Waals surface area contributed by atoms with E-state index in [1.165, 1.54) is 4.90 Å². The van der Waals surface area contributed by atoms with Gasteiger partial charge in [0.2, 0.25) is 0 Å². The molecular formula is C25H27ClN4O3. The number of aromatic nitrogens is 1. The zero-order chi connectivity index (χ0) is 23.5. The van der Waals surface area contributed by atoms with Gasteiger partial charge in [0.15, 0.2) is 0 Å². The van der Waals surface area contributed by atoms with E-state index < -0.39 is 11.6 Å². The van der Waals surface area contributed by atoms with Crippen LogP contribution >= 0.6 is 11.6 Å². The molecule has 3 heterocycles. The Kier molecular flexibility index (Phi) is 5.14. The van der Waals surface area contributed by atoms with Crippen molar-refractivity contribution in [3.63, 3.8) is 0 Å². The first-order chi connectivity index (χ1) is 15.7. The van der Waals surface area contributed by atoms with Crippen molar-refractivity contribution in [2.24, 2.45) is 0 Å². The molecule has 33 heavy (non-hydrogen) atoms. The lowest BCUT2D eigenvalue weighted by Crippen LogP contribution is -2.53. The maximum absolute atomic E-state index is 13.7. The predicted molar refractivity (Wildman–Crippen MR) is 127 cm³/mol. The minimum Gasteiger partial charge on any atom is -0.508 e. The second-order valence-corrected chi connectivity index (χ2v) is 9.60. The maximum Gasteiger partial charge on any atom is 0.328 e. The summed E-state index contributed by atoms with van der Waals surface area (Å²) < 4.78 is 0. The summed E-state index contributed by atoms with van der Waals surface area (Å²) in [6.07, 6.45) is 0.392. The van der Waals surface area contributed by atoms with Gasteiger partial charge < -0.3 is 15.0 Å². The van der Waals surface area contributed by atoms with Crippen LogP contribution in [0.2, 0.25) is 5.02 Å². The number of amides is 3. The number of benzene rings is 2. The van der Waals surface area contributed by atoms with E-state index in [0.717, 1.165) is 34.3 Å². The summed E-state index contributed by atoms with van der Waals surface area (Å²) in [5.41, 5.74) is 2.44. The Morgan fingerprint density at radius 2 is 2.03 bits per heavy atom. The highest BCUT2D eigenvalue weighted by atomic mass is 35.5. The van der Waals surface area contributed by atoms with Gasteiger partial charge in [-0.25, -0.2) is 4.79 Å². The predicted octanol–water partition coefficient (Wildman–Crippen LogP) is 4.15. The fraction of sp³-hybridized carbons (Fsp3) is 0.360. The van der Waals surface area contributed by atoms with Crippen LogP contribution in [0.4, 0.5) is 4.79 Å². The van der Waals surface area contributed by atoms with Gasteiger partial charge in [0.25, 0.3) is 5.91 Å². The van der Waals surface area contributed by atoms with Crippen molar-refractivity contribution >= 4 is 34.4 Å². The molecule has 0 radical (unpaired) electrons. The molecule has 2 aromatic carbocycles. The molecule has 2 aliphatic rings. The number of phenols is 1. The van der Waals surface area contributed by atoms with E-state index in [2.05, 4.69) is 9.88 Å². The lowest BCUT2D eigenvalue weighted by atomic mass is 9.81. The first-order valence-corrected chi connectivity index (χ1v) is 11.5. The minimum absolute atomic E-state index is 0.111. The molecule has 7 nitrogen and oxygen atoms in total. The summed E-state index contributed by atoms with van der Waals surface area (Å²) in [6, 6.07) is 11.7. The SMILES string of the molecule is CCN(C)CCN1C(=O)N2C(c3cccc(O)c3)c3[nH]c4ccc(Cl)cc4c3CC2(C)C1=O. The number of hydrogen-bond acceptors (Lipinski definition) is 4. The van der Waals surface area contributed by atoms with Gasteiger partial charge in [-0.3, -0.25) is 14.6 Å². The second-order valence-electron chi connectivity index (χ2n) is 9.16. The van der Waals surface area contributed by atoms with Crippen LogP contribution in [0.25, 0.3) is 10.9 Å². The van der Waals surface area contributed by atoms with E-state index in [1.807, 2.05) is 45.2 Å². The molecule has 172 valence electrons. The number of halogens is 1. The van der Waals surface area contributed by atoms with Crippen molar-refractivity contribution in [1.82, 2.24) is 19.7 Å². The van der Waals surface area contributed by atoms with Crippen LogP contribution < -0.4 is 0 Å². The van der Waals surface area contributed by atoms with Crippen LogP contribution in [-0.4, -0.2) is 68.9 Å². The van der Waals surface area contributed by atoms with Crippen molar-refractivity contribution in [2.45, 2.75) is 31.8 Å². The summed E-state index contributed by atoms with van der Waals surface area (Å²) in [6.45, 7) is 5.66. The molecule has 2 unspecified atom stereocenters. The van der Waals surface area contributed by atoms with Crippen molar-refractivity contribution in [3.8, 4) is 5.75 Å². The number of urea groups is 1. The van der Waals surface area contributed by atoms with E-state index in [4.69, 9.17) is 11.6 Å². The molecule has 0 saturated carbocycles. The van der Waals surface area contributed by atoms with Crippen molar-refractivity contribution in [2.75, 3.05) is 26.7 Å². The van der Waals surface area contributed by atoms with E-state index >= 15 is 0 Å². The van der Waals surface area contributed by atoms with Crippen LogP contribution in [0.1, 0.15) is 36.7 Å². The van der Waals surface area contributed by atoms with Gasteiger partial charge in [-0.1, -0.05) is 30.7 Å². The number of fused-ring (bicyclic) bond motifs is 4. The number of nitrogens with zero attached hydrogens (tertiary/aromatic N) is 3. The number of aromatic hydroxyl groups is 1. The monoisotopic (exact) mass is 466 g/mol. The van der Waals surface area contributed by atoms with Crippen LogP contribution in [-0.2, 0) is 11.2 Å². The standard InChI is InChI=1S/C25H27ClN4O3/c1-4-28(3)10-11-29-23(32)25(2)14-19-18-13-16(26)8-9-20(18)27-21(19)22(30(25)24(29)33)15-6-5-7-17(31)12-15/h5-9,12-13,22,27,31H,4,10-11,14H2,1-3H3. The van der Waals surface area contributed by atoms with Gasteiger partial charge in [-0.05, 0) is 62.0 Å². The first-order valence-electron chi connectivity index (χ1n) is 11.2. The topological polar surface area (TPSA) is 79.9 Å². The van der Waals surface area contributed by atoms with Gasteiger partial charge in [-0.2, -0.15) is 0 Å². The maximum atomic E-state index is 13.7. The third-order valence-corrected chi connectivity index (χ3v) is 7.29. The van der Waals surface area contributed by atoms with Crippen LogP contribution in [0.15, 0.2) is 42.5 Å². The number of carbonyl (C=O) groups is 2. The molecule has 0 aliphatic carbocycles. The molecular weight excluding hydrogens is 440 g/mol. The Bertz CT molecular complexity index is 1270. The molecule has 2 atom stereocenters. The van der Waals surface area contributed by atoms with Crippen LogP contribution in [0, 0.1) is 0 Å². The second kappa shape index (κ2) is 7.78. The Morgan fingerprint density at radius 3 is 2.76 bits per heavy atom. The normalized spacial score (nSPS) is 22.4. The highest BCUT2D eigenvalue weighted by Crippen LogP contribution is 2.49. The van der Waals surface area contributed by atoms with Crippen LogP contribution in [0.5, 0.6) is 5.75 Å². The smallest absolute Gasteiger partial charge is 0.328 e. The number of aromatic amines is 1. The highest BCUT2D eigenvalue weighted by Gasteiger charge is 2.60. The average Bonchev–Trinajstić information content (AvgIpc) is 3.22. The van der Waals surface area contributed by atoms with Gasteiger partial charge in [0, 0.05) is 41.1 Å². The van der Waals surface area contributed by atoms with Gasteiger partial charge in [0.1, 0.15) is 17.3 Å². The van der Waals surface area contributed by atoms with Crippen molar-refractivity contribution < 1.29 is 14.7 Å². The fourth-order valence-electron chi connectivity index (χ4n) is 5.15. The van der Waals surface area contributed by atoms with Gasteiger partial charge >= 0.3 is 6.03 Å². The van der Waals surface area contributed by atoms with E-state index in [1.54, 1.807) is 23.1 Å². The number of imide groups is 1. The summed E-state index contributed by atoms with van der Waals surface area (Å²) in [4.78, 5) is 36.1. The number of H-pyrrole nitrogens is 1. The number of likely N-dealkylation sites (N-methyl/N-ethyl adjacent to an activating group) is 1. The number of rotatable bonds is 5. The third kappa shape index (κ3) is 3.30. The number of phenolic OH excluding ortho intramolecular Hbond substituents is 1. The van der Waals surface area contributed by atoms with E-state index in [-0.39, 0.29) is 17.7 Å². The molecule has 0 bridgehead atoms. The summed E-state index contributed by atoms with van der Waals surface area (Å²) >= 11 is 6.31.